The van der Waals surface area contributed by atoms with Gasteiger partial charge >= 0.3 is 0 Å². The van der Waals surface area contributed by atoms with Gasteiger partial charge in [-0.2, -0.15) is 0 Å². The molecule has 1 aliphatic heterocycles. The van der Waals surface area contributed by atoms with E-state index in [1.807, 2.05) is 30.3 Å². The van der Waals surface area contributed by atoms with Crippen molar-refractivity contribution in [2.24, 2.45) is 5.73 Å². The molecule has 0 fully saturated rings. The van der Waals surface area contributed by atoms with Crippen LogP contribution in [0.4, 0.5) is 0 Å². The van der Waals surface area contributed by atoms with E-state index in [0.29, 0.717) is 29.4 Å². The highest BCUT2D eigenvalue weighted by Crippen LogP contribution is 2.43. The van der Waals surface area contributed by atoms with E-state index in [1.54, 1.807) is 26.2 Å². The van der Waals surface area contributed by atoms with Crippen molar-refractivity contribution in [3.05, 3.63) is 53.6 Å². The van der Waals surface area contributed by atoms with Crippen molar-refractivity contribution in [1.82, 2.24) is 4.90 Å². The third kappa shape index (κ3) is 3.28. The molecular weight excluding hydrogens is 308 g/mol. The summed E-state index contributed by atoms with van der Waals surface area (Å²) in [6, 6.07) is 13.2. The third-order valence-electron chi connectivity index (χ3n) is 3.61. The minimum absolute atomic E-state index is 0.182. The van der Waals surface area contributed by atoms with Gasteiger partial charge in [-0.3, -0.25) is 10.5 Å². The lowest BCUT2D eigenvalue weighted by Crippen LogP contribution is -2.38. The molecule has 126 valence electrons. The molecule has 0 spiro atoms. The Hall–Kier alpha value is -2.73. The lowest BCUT2D eigenvalue weighted by atomic mass is 10.1. The molecule has 2 N–H and O–H groups in total. The standard InChI is InChI=1S/C18H20N2O4/c1-20(2)18(21)13-8-9-14(17-16(13)24-15(19)11-23-17)22-10-12-6-4-3-5-7-12/h3-9,15H,10-11,19H2,1-2H3. The van der Waals surface area contributed by atoms with Crippen LogP contribution in [-0.4, -0.2) is 37.7 Å². The fraction of sp³-hybridized carbons (Fsp3) is 0.278. The van der Waals surface area contributed by atoms with E-state index in [0.717, 1.165) is 5.56 Å². The quantitative estimate of drug-likeness (QED) is 0.929. The van der Waals surface area contributed by atoms with Crippen LogP contribution in [-0.2, 0) is 6.61 Å². The van der Waals surface area contributed by atoms with E-state index in [4.69, 9.17) is 19.9 Å². The van der Waals surface area contributed by atoms with Gasteiger partial charge in [0.05, 0.1) is 5.56 Å². The third-order valence-corrected chi connectivity index (χ3v) is 3.61. The summed E-state index contributed by atoms with van der Waals surface area (Å²) in [6.07, 6.45) is -0.615. The number of fused-ring (bicyclic) bond motifs is 1. The molecule has 0 radical (unpaired) electrons. The highest BCUT2D eigenvalue weighted by molar-refractivity contribution is 5.98. The SMILES string of the molecule is CN(C)C(=O)c1ccc(OCc2ccccc2)c2c1OC(N)CO2. The topological polar surface area (TPSA) is 74.0 Å². The van der Waals surface area contributed by atoms with Crippen LogP contribution < -0.4 is 19.9 Å². The molecule has 1 atom stereocenters. The van der Waals surface area contributed by atoms with Crippen LogP contribution in [0.15, 0.2) is 42.5 Å². The van der Waals surface area contributed by atoms with Crippen LogP contribution in [0, 0.1) is 0 Å². The number of rotatable bonds is 4. The molecule has 0 aliphatic carbocycles. The summed E-state index contributed by atoms with van der Waals surface area (Å²) < 4.78 is 17.2. The zero-order valence-electron chi connectivity index (χ0n) is 13.7. The summed E-state index contributed by atoms with van der Waals surface area (Å²) in [7, 11) is 3.36. The van der Waals surface area contributed by atoms with Gasteiger partial charge in [-0.1, -0.05) is 30.3 Å². The highest BCUT2D eigenvalue weighted by Gasteiger charge is 2.28. The Morgan fingerprint density at radius 2 is 1.96 bits per heavy atom. The van der Waals surface area contributed by atoms with Crippen LogP contribution in [0.3, 0.4) is 0 Å². The molecular formula is C18H20N2O4. The molecule has 6 nitrogen and oxygen atoms in total. The summed E-state index contributed by atoms with van der Waals surface area (Å²) in [5, 5.41) is 0. The maximum Gasteiger partial charge on any atom is 0.257 e. The Bertz CT molecular complexity index is 731. The second-order valence-corrected chi connectivity index (χ2v) is 5.71. The maximum atomic E-state index is 12.3. The van der Waals surface area contributed by atoms with Crippen molar-refractivity contribution < 1.29 is 19.0 Å². The number of benzene rings is 2. The predicted molar refractivity (Wildman–Crippen MR) is 89.3 cm³/mol. The number of amides is 1. The molecule has 24 heavy (non-hydrogen) atoms. The van der Waals surface area contributed by atoms with Gasteiger partial charge in [-0.15, -0.1) is 0 Å². The smallest absolute Gasteiger partial charge is 0.257 e. The Balaban J connectivity index is 1.91. The van der Waals surface area contributed by atoms with Crippen molar-refractivity contribution in [2.45, 2.75) is 12.8 Å². The second kappa shape index (κ2) is 6.80. The Morgan fingerprint density at radius 3 is 2.67 bits per heavy atom. The van der Waals surface area contributed by atoms with Crippen molar-refractivity contribution >= 4 is 5.91 Å². The lowest BCUT2D eigenvalue weighted by molar-refractivity contribution is 0.0762. The molecule has 6 heteroatoms. The van der Waals surface area contributed by atoms with Gasteiger partial charge in [0.25, 0.3) is 5.91 Å². The van der Waals surface area contributed by atoms with Gasteiger partial charge in [0.1, 0.15) is 13.2 Å². The van der Waals surface area contributed by atoms with Crippen molar-refractivity contribution in [1.29, 1.82) is 0 Å². The lowest BCUT2D eigenvalue weighted by Gasteiger charge is -2.27. The van der Waals surface area contributed by atoms with Crippen molar-refractivity contribution in [3.63, 3.8) is 0 Å². The Morgan fingerprint density at radius 1 is 1.21 bits per heavy atom. The molecule has 1 aliphatic rings. The highest BCUT2D eigenvalue weighted by atomic mass is 16.6. The number of nitrogens with zero attached hydrogens (tertiary/aromatic N) is 1. The van der Waals surface area contributed by atoms with Gasteiger partial charge in [-0.05, 0) is 17.7 Å². The zero-order valence-corrected chi connectivity index (χ0v) is 13.7. The van der Waals surface area contributed by atoms with Crippen LogP contribution >= 0.6 is 0 Å². The predicted octanol–water partition coefficient (Wildman–Crippen LogP) is 2.02. The molecule has 0 aromatic heterocycles. The normalized spacial score (nSPS) is 15.7. The molecule has 0 bridgehead atoms. The summed E-state index contributed by atoms with van der Waals surface area (Å²) >= 11 is 0. The molecule has 0 saturated carbocycles. The van der Waals surface area contributed by atoms with Crippen LogP contribution in [0.2, 0.25) is 0 Å². The average Bonchev–Trinajstić information content (AvgIpc) is 2.59. The van der Waals surface area contributed by atoms with E-state index < -0.39 is 6.23 Å². The largest absolute Gasteiger partial charge is 0.485 e. The summed E-state index contributed by atoms with van der Waals surface area (Å²) in [5.74, 6) is 1.09. The summed E-state index contributed by atoms with van der Waals surface area (Å²) in [6.45, 7) is 0.595. The first-order chi connectivity index (χ1) is 11.6. The van der Waals surface area contributed by atoms with Crippen molar-refractivity contribution in [2.75, 3.05) is 20.7 Å². The maximum absolute atomic E-state index is 12.3. The number of hydrogen-bond acceptors (Lipinski definition) is 5. The number of hydrogen-bond donors (Lipinski definition) is 1. The van der Waals surface area contributed by atoms with Crippen LogP contribution in [0.5, 0.6) is 17.2 Å². The average molecular weight is 328 g/mol. The van der Waals surface area contributed by atoms with E-state index in [2.05, 4.69) is 0 Å². The molecule has 2 aromatic carbocycles. The minimum atomic E-state index is -0.615. The van der Waals surface area contributed by atoms with Crippen LogP contribution in [0.25, 0.3) is 0 Å². The summed E-state index contributed by atoms with van der Waals surface area (Å²) in [5.41, 5.74) is 7.23. The second-order valence-electron chi connectivity index (χ2n) is 5.71. The van der Waals surface area contributed by atoms with Gasteiger partial charge < -0.3 is 19.1 Å². The zero-order chi connectivity index (χ0) is 17.1. The number of nitrogens with two attached hydrogens (primary N) is 1. The monoisotopic (exact) mass is 328 g/mol. The number of carbonyl (C=O) groups is 1. The molecule has 0 saturated heterocycles. The minimum Gasteiger partial charge on any atom is -0.485 e. The van der Waals surface area contributed by atoms with Gasteiger partial charge in [0.15, 0.2) is 17.7 Å². The molecule has 1 amide bonds. The first kappa shape index (κ1) is 16.1. The number of ether oxygens (including phenoxy) is 3. The fourth-order valence-corrected chi connectivity index (χ4v) is 2.41. The Kier molecular flexibility index (Phi) is 4.57. The van der Waals surface area contributed by atoms with Gasteiger partial charge in [-0.25, -0.2) is 0 Å². The summed E-state index contributed by atoms with van der Waals surface area (Å²) in [4.78, 5) is 13.8. The molecule has 2 aromatic rings. The van der Waals surface area contributed by atoms with Crippen molar-refractivity contribution in [3.8, 4) is 17.2 Å². The number of carbonyl (C=O) groups excluding carboxylic acids is 1. The van der Waals surface area contributed by atoms with E-state index in [1.165, 1.54) is 4.90 Å². The van der Waals surface area contributed by atoms with Crippen LogP contribution in [0.1, 0.15) is 15.9 Å². The molecule has 1 unspecified atom stereocenters. The molecule has 3 rings (SSSR count). The fourth-order valence-electron chi connectivity index (χ4n) is 2.41. The van der Waals surface area contributed by atoms with E-state index in [-0.39, 0.29) is 12.5 Å². The van der Waals surface area contributed by atoms with Gasteiger partial charge in [0, 0.05) is 14.1 Å². The van der Waals surface area contributed by atoms with E-state index in [9.17, 15) is 4.79 Å². The Labute approximate surface area is 140 Å². The first-order valence-electron chi connectivity index (χ1n) is 7.66. The first-order valence-corrected chi connectivity index (χ1v) is 7.66. The molecule has 1 heterocycles. The van der Waals surface area contributed by atoms with E-state index >= 15 is 0 Å². The van der Waals surface area contributed by atoms with Gasteiger partial charge in [0.2, 0.25) is 5.75 Å².